The molecule has 0 atom stereocenters. The predicted molar refractivity (Wildman–Crippen MR) is 78.0 cm³/mol. The van der Waals surface area contributed by atoms with Gasteiger partial charge in [-0.1, -0.05) is 34.1 Å². The molecule has 5 heteroatoms. The lowest BCUT2D eigenvalue weighted by Gasteiger charge is -2.18. The van der Waals surface area contributed by atoms with Crippen molar-refractivity contribution >= 4 is 33.3 Å². The lowest BCUT2D eigenvalue weighted by molar-refractivity contribution is 0.258. The van der Waals surface area contributed by atoms with Crippen LogP contribution in [0, 0.1) is 5.82 Å². The summed E-state index contributed by atoms with van der Waals surface area (Å²) in [4.78, 5) is 13.4. The fourth-order valence-corrected chi connectivity index (χ4v) is 1.95. The van der Waals surface area contributed by atoms with Gasteiger partial charge in [-0.05, 0) is 30.3 Å². The first kappa shape index (κ1) is 13.5. The topological polar surface area (TPSA) is 32.3 Å². The Bertz CT molecular complexity index is 604. The number of hydrogen-bond donors (Lipinski definition) is 1. The highest BCUT2D eigenvalue weighted by molar-refractivity contribution is 9.10. The zero-order chi connectivity index (χ0) is 13.8. The molecular formula is C14H12BrFN2O. The smallest absolute Gasteiger partial charge is 0.305 e. The largest absolute Gasteiger partial charge is 0.326 e. The molecule has 3 nitrogen and oxygen atoms in total. The third-order valence-corrected chi connectivity index (χ3v) is 3.11. The highest BCUT2D eigenvalue weighted by Gasteiger charge is 2.12. The average Bonchev–Trinajstić information content (AvgIpc) is 2.40. The number of nitrogens with zero attached hydrogens (tertiary/aromatic N) is 1. The molecular weight excluding hydrogens is 311 g/mol. The summed E-state index contributed by atoms with van der Waals surface area (Å²) in [6, 6.07) is 12.9. The number of urea groups is 1. The number of hydrogen-bond acceptors (Lipinski definition) is 1. The van der Waals surface area contributed by atoms with Gasteiger partial charge in [-0.2, -0.15) is 0 Å². The second-order valence-corrected chi connectivity index (χ2v) is 4.86. The van der Waals surface area contributed by atoms with Gasteiger partial charge >= 0.3 is 6.03 Å². The first-order chi connectivity index (χ1) is 9.08. The Morgan fingerprint density at radius 3 is 2.63 bits per heavy atom. The minimum Gasteiger partial charge on any atom is -0.305 e. The molecule has 0 fully saturated rings. The molecule has 0 saturated heterocycles. The van der Waals surface area contributed by atoms with Gasteiger partial charge < -0.3 is 5.32 Å². The maximum absolute atomic E-state index is 13.4. The van der Waals surface area contributed by atoms with Crippen molar-refractivity contribution in [1.82, 2.24) is 0 Å². The summed E-state index contributed by atoms with van der Waals surface area (Å²) in [5.74, 6) is -0.460. The van der Waals surface area contributed by atoms with E-state index in [-0.39, 0.29) is 5.69 Å². The normalized spacial score (nSPS) is 10.1. The van der Waals surface area contributed by atoms with Gasteiger partial charge in [-0.15, -0.1) is 0 Å². The van der Waals surface area contributed by atoms with E-state index >= 15 is 0 Å². The van der Waals surface area contributed by atoms with E-state index in [9.17, 15) is 9.18 Å². The minimum atomic E-state index is -0.460. The quantitative estimate of drug-likeness (QED) is 0.880. The van der Waals surface area contributed by atoms with Crippen LogP contribution < -0.4 is 10.2 Å². The second-order valence-electron chi connectivity index (χ2n) is 3.95. The molecule has 2 rings (SSSR count). The van der Waals surface area contributed by atoms with E-state index in [4.69, 9.17) is 0 Å². The molecule has 0 aliphatic carbocycles. The van der Waals surface area contributed by atoms with Gasteiger partial charge in [0, 0.05) is 17.2 Å². The number of benzene rings is 2. The third kappa shape index (κ3) is 3.32. The van der Waals surface area contributed by atoms with Gasteiger partial charge in [0.2, 0.25) is 0 Å². The number of anilines is 2. The monoisotopic (exact) mass is 322 g/mol. The van der Waals surface area contributed by atoms with Crippen molar-refractivity contribution in [2.24, 2.45) is 0 Å². The summed E-state index contributed by atoms with van der Waals surface area (Å²) in [7, 11) is 1.62. The molecule has 0 saturated carbocycles. The molecule has 0 aliphatic rings. The lowest BCUT2D eigenvalue weighted by Crippen LogP contribution is -2.31. The molecule has 2 aromatic carbocycles. The van der Waals surface area contributed by atoms with Crippen LogP contribution in [-0.4, -0.2) is 13.1 Å². The van der Waals surface area contributed by atoms with Crippen molar-refractivity contribution in [3.63, 3.8) is 0 Å². The van der Waals surface area contributed by atoms with Crippen LogP contribution in [-0.2, 0) is 0 Å². The molecule has 19 heavy (non-hydrogen) atoms. The van der Waals surface area contributed by atoms with E-state index < -0.39 is 11.8 Å². The number of halogens is 2. The number of nitrogens with one attached hydrogen (secondary N) is 1. The van der Waals surface area contributed by atoms with E-state index in [1.54, 1.807) is 31.3 Å². The summed E-state index contributed by atoms with van der Waals surface area (Å²) < 4.78 is 14.3. The van der Waals surface area contributed by atoms with Crippen molar-refractivity contribution in [3.8, 4) is 0 Å². The van der Waals surface area contributed by atoms with Crippen LogP contribution in [0.2, 0.25) is 0 Å². The van der Waals surface area contributed by atoms with Gasteiger partial charge in [0.25, 0.3) is 0 Å². The molecule has 0 unspecified atom stereocenters. The van der Waals surface area contributed by atoms with Crippen molar-refractivity contribution in [2.45, 2.75) is 0 Å². The van der Waals surface area contributed by atoms with Crippen LogP contribution in [0.4, 0.5) is 20.6 Å². The van der Waals surface area contributed by atoms with Crippen molar-refractivity contribution < 1.29 is 9.18 Å². The SMILES string of the molecule is CN(C(=O)Nc1ccccc1F)c1cccc(Br)c1. The van der Waals surface area contributed by atoms with Gasteiger partial charge in [-0.25, -0.2) is 9.18 Å². The number of carbonyl (C=O) groups excluding carboxylic acids is 1. The van der Waals surface area contributed by atoms with Crippen molar-refractivity contribution in [2.75, 3.05) is 17.3 Å². The van der Waals surface area contributed by atoms with E-state index in [1.807, 2.05) is 12.1 Å². The van der Waals surface area contributed by atoms with Crippen molar-refractivity contribution in [3.05, 3.63) is 58.8 Å². The third-order valence-electron chi connectivity index (χ3n) is 2.62. The molecule has 0 radical (unpaired) electrons. The Balaban J connectivity index is 2.14. The summed E-state index contributed by atoms with van der Waals surface area (Å²) in [5, 5.41) is 2.52. The molecule has 98 valence electrons. The van der Waals surface area contributed by atoms with E-state index in [1.165, 1.54) is 17.0 Å². The molecule has 0 aliphatic heterocycles. The fraction of sp³-hybridized carbons (Fsp3) is 0.0714. The summed E-state index contributed by atoms with van der Waals surface area (Å²) in [6.45, 7) is 0. The molecule has 0 spiro atoms. The fourth-order valence-electron chi connectivity index (χ4n) is 1.56. The van der Waals surface area contributed by atoms with Crippen LogP contribution in [0.1, 0.15) is 0 Å². The summed E-state index contributed by atoms with van der Waals surface area (Å²) in [6.07, 6.45) is 0. The maximum Gasteiger partial charge on any atom is 0.326 e. The standard InChI is InChI=1S/C14H12BrFN2O/c1-18(11-6-4-5-10(15)9-11)14(19)17-13-8-3-2-7-12(13)16/h2-9H,1H3,(H,17,19). The highest BCUT2D eigenvalue weighted by atomic mass is 79.9. The number of carbonyl (C=O) groups is 1. The molecule has 2 amide bonds. The maximum atomic E-state index is 13.4. The second kappa shape index (κ2) is 5.84. The Labute approximate surface area is 119 Å². The highest BCUT2D eigenvalue weighted by Crippen LogP contribution is 2.20. The number of rotatable bonds is 2. The Hall–Kier alpha value is -1.88. The molecule has 0 heterocycles. The Kier molecular flexibility index (Phi) is 4.16. The minimum absolute atomic E-state index is 0.161. The van der Waals surface area contributed by atoms with Crippen LogP contribution in [0.25, 0.3) is 0 Å². The van der Waals surface area contributed by atoms with Gasteiger partial charge in [0.05, 0.1) is 5.69 Å². The zero-order valence-corrected chi connectivity index (χ0v) is 11.8. The number of amides is 2. The molecule has 1 N–H and O–H groups in total. The summed E-state index contributed by atoms with van der Waals surface area (Å²) in [5.41, 5.74) is 0.873. The van der Waals surface area contributed by atoms with Gasteiger partial charge in [-0.3, -0.25) is 4.90 Å². The van der Waals surface area contributed by atoms with Crippen LogP contribution in [0.5, 0.6) is 0 Å². The van der Waals surface area contributed by atoms with Crippen LogP contribution >= 0.6 is 15.9 Å². The van der Waals surface area contributed by atoms with Crippen molar-refractivity contribution in [1.29, 1.82) is 0 Å². The first-order valence-electron chi connectivity index (χ1n) is 5.63. The van der Waals surface area contributed by atoms with Gasteiger partial charge in [0.1, 0.15) is 5.82 Å². The predicted octanol–water partition coefficient (Wildman–Crippen LogP) is 4.26. The lowest BCUT2D eigenvalue weighted by atomic mass is 10.3. The van der Waals surface area contributed by atoms with E-state index in [2.05, 4.69) is 21.2 Å². The van der Waals surface area contributed by atoms with E-state index in [0.717, 1.165) is 4.47 Å². The molecule has 0 bridgehead atoms. The summed E-state index contributed by atoms with van der Waals surface area (Å²) >= 11 is 3.34. The zero-order valence-electron chi connectivity index (χ0n) is 10.2. The van der Waals surface area contributed by atoms with Crippen LogP contribution in [0.15, 0.2) is 53.0 Å². The molecule has 0 aromatic heterocycles. The Morgan fingerprint density at radius 2 is 1.95 bits per heavy atom. The van der Waals surface area contributed by atoms with Crippen LogP contribution in [0.3, 0.4) is 0 Å². The number of para-hydroxylation sites is 1. The Morgan fingerprint density at radius 1 is 1.21 bits per heavy atom. The average molecular weight is 323 g/mol. The van der Waals surface area contributed by atoms with Gasteiger partial charge in [0.15, 0.2) is 0 Å². The van der Waals surface area contributed by atoms with E-state index in [0.29, 0.717) is 5.69 Å². The molecule has 2 aromatic rings. The first-order valence-corrected chi connectivity index (χ1v) is 6.42.